The van der Waals surface area contributed by atoms with Crippen molar-refractivity contribution in [1.82, 2.24) is 15.2 Å². The second-order valence-electron chi connectivity index (χ2n) is 5.64. The predicted octanol–water partition coefficient (Wildman–Crippen LogP) is 3.59. The first-order valence-corrected chi connectivity index (χ1v) is 8.14. The quantitative estimate of drug-likeness (QED) is 0.687. The zero-order valence-electron chi connectivity index (χ0n) is 14.4. The lowest BCUT2D eigenvalue weighted by molar-refractivity contribution is 0.410. The molecule has 0 saturated carbocycles. The fourth-order valence-electron chi connectivity index (χ4n) is 2.44. The summed E-state index contributed by atoms with van der Waals surface area (Å²) in [5.74, 6) is 2.04. The van der Waals surface area contributed by atoms with Crippen molar-refractivity contribution in [3.63, 3.8) is 0 Å². The number of aromatic nitrogens is 3. The molecule has 6 nitrogen and oxygen atoms in total. The van der Waals surface area contributed by atoms with Gasteiger partial charge in [0.1, 0.15) is 5.75 Å². The molecule has 3 aromatic rings. The van der Waals surface area contributed by atoms with Gasteiger partial charge in [-0.2, -0.15) is 10.1 Å². The maximum Gasteiger partial charge on any atom is 0.249 e. The largest absolute Gasteiger partial charge is 0.496 e. The maximum atomic E-state index is 5.37. The van der Waals surface area contributed by atoms with Gasteiger partial charge in [0, 0.05) is 12.2 Å². The molecule has 3 rings (SSSR count). The second-order valence-corrected chi connectivity index (χ2v) is 5.64. The van der Waals surface area contributed by atoms with E-state index in [1.54, 1.807) is 13.3 Å². The van der Waals surface area contributed by atoms with Gasteiger partial charge in [-0.1, -0.05) is 35.9 Å². The lowest BCUT2D eigenvalue weighted by atomic mass is 10.1. The van der Waals surface area contributed by atoms with E-state index in [1.807, 2.05) is 49.4 Å². The number of anilines is 3. The highest BCUT2D eigenvalue weighted by molar-refractivity contribution is 5.54. The van der Waals surface area contributed by atoms with Crippen molar-refractivity contribution in [2.75, 3.05) is 24.3 Å². The average Bonchev–Trinajstić information content (AvgIpc) is 2.64. The molecule has 0 aliphatic heterocycles. The third-order valence-electron chi connectivity index (χ3n) is 3.76. The first-order valence-electron chi connectivity index (χ1n) is 8.14. The summed E-state index contributed by atoms with van der Waals surface area (Å²) >= 11 is 0. The number of ether oxygens (including phenoxy) is 1. The topological polar surface area (TPSA) is 72.0 Å². The van der Waals surface area contributed by atoms with Gasteiger partial charge in [0.2, 0.25) is 5.95 Å². The minimum absolute atomic E-state index is 0.464. The summed E-state index contributed by atoms with van der Waals surface area (Å²) in [6, 6.07) is 16.0. The van der Waals surface area contributed by atoms with Crippen LogP contribution in [0.1, 0.15) is 11.1 Å². The Morgan fingerprint density at radius 1 is 1.04 bits per heavy atom. The monoisotopic (exact) mass is 335 g/mol. The van der Waals surface area contributed by atoms with Crippen molar-refractivity contribution < 1.29 is 4.74 Å². The molecule has 0 aliphatic carbocycles. The molecule has 128 valence electrons. The zero-order chi connectivity index (χ0) is 17.5. The van der Waals surface area contributed by atoms with E-state index in [2.05, 4.69) is 31.9 Å². The molecule has 0 unspecified atom stereocenters. The smallest absolute Gasteiger partial charge is 0.249 e. The number of aryl methyl sites for hydroxylation is 1. The average molecular weight is 335 g/mol. The first-order chi connectivity index (χ1) is 12.2. The van der Waals surface area contributed by atoms with E-state index < -0.39 is 0 Å². The van der Waals surface area contributed by atoms with E-state index >= 15 is 0 Å². The molecule has 0 bridgehead atoms. The molecule has 0 amide bonds. The highest BCUT2D eigenvalue weighted by Crippen LogP contribution is 2.18. The Kier molecular flexibility index (Phi) is 5.41. The lowest BCUT2D eigenvalue weighted by Crippen LogP contribution is -2.09. The van der Waals surface area contributed by atoms with Gasteiger partial charge in [0.05, 0.1) is 13.3 Å². The van der Waals surface area contributed by atoms with Crippen LogP contribution in [0.15, 0.2) is 54.7 Å². The van der Waals surface area contributed by atoms with Crippen molar-refractivity contribution in [1.29, 1.82) is 0 Å². The second kappa shape index (κ2) is 8.10. The van der Waals surface area contributed by atoms with Gasteiger partial charge in [0.15, 0.2) is 5.82 Å². The molecule has 0 atom stereocenters. The molecule has 0 fully saturated rings. The highest BCUT2D eigenvalue weighted by atomic mass is 16.5. The van der Waals surface area contributed by atoms with Crippen molar-refractivity contribution in [3.05, 3.63) is 65.9 Å². The molecule has 0 aliphatic rings. The Morgan fingerprint density at radius 2 is 1.84 bits per heavy atom. The summed E-state index contributed by atoms with van der Waals surface area (Å²) in [5.41, 5.74) is 3.28. The first kappa shape index (κ1) is 16.7. The van der Waals surface area contributed by atoms with Crippen LogP contribution in [0.4, 0.5) is 17.5 Å². The zero-order valence-corrected chi connectivity index (χ0v) is 14.4. The Labute approximate surface area is 147 Å². The van der Waals surface area contributed by atoms with E-state index in [1.165, 1.54) is 5.56 Å². The Hall–Kier alpha value is -3.15. The lowest BCUT2D eigenvalue weighted by Gasteiger charge is -2.10. The van der Waals surface area contributed by atoms with Crippen LogP contribution >= 0.6 is 0 Å². The van der Waals surface area contributed by atoms with Crippen molar-refractivity contribution in [2.24, 2.45) is 0 Å². The normalized spacial score (nSPS) is 10.3. The Bertz CT molecular complexity index is 820. The van der Waals surface area contributed by atoms with Crippen molar-refractivity contribution in [3.8, 4) is 5.75 Å². The third-order valence-corrected chi connectivity index (χ3v) is 3.76. The number of rotatable bonds is 7. The fraction of sp³-hybridized carbons (Fsp3) is 0.211. The number of hydrogen-bond donors (Lipinski definition) is 2. The summed E-state index contributed by atoms with van der Waals surface area (Å²) in [7, 11) is 1.68. The van der Waals surface area contributed by atoms with Gasteiger partial charge >= 0.3 is 0 Å². The van der Waals surface area contributed by atoms with E-state index in [-0.39, 0.29) is 0 Å². The fourth-order valence-corrected chi connectivity index (χ4v) is 2.44. The maximum absolute atomic E-state index is 5.37. The molecule has 2 aromatic carbocycles. The SMILES string of the molecule is COc1ccccc1CCNc1cnnc(Nc2ccc(C)cc2)n1. The van der Waals surface area contributed by atoms with Crippen molar-refractivity contribution >= 4 is 17.5 Å². The van der Waals surface area contributed by atoms with Gasteiger partial charge in [-0.3, -0.25) is 0 Å². The number of nitrogens with one attached hydrogen (secondary N) is 2. The molecule has 2 N–H and O–H groups in total. The van der Waals surface area contributed by atoms with E-state index in [4.69, 9.17) is 4.74 Å². The van der Waals surface area contributed by atoms with Crippen molar-refractivity contribution in [2.45, 2.75) is 13.3 Å². The summed E-state index contributed by atoms with van der Waals surface area (Å²) in [6.07, 6.45) is 2.44. The van der Waals surface area contributed by atoms with Crippen LogP contribution in [0.3, 0.4) is 0 Å². The number of hydrogen-bond acceptors (Lipinski definition) is 6. The van der Waals surface area contributed by atoms with Gasteiger partial charge in [-0.25, -0.2) is 0 Å². The number of nitrogens with zero attached hydrogens (tertiary/aromatic N) is 3. The standard InChI is InChI=1S/C19H21N5O/c1-14-7-9-16(10-8-14)22-19-23-18(13-21-24-19)20-12-11-15-5-3-4-6-17(15)25-2/h3-10,13H,11-12H2,1-2H3,(H2,20,22,23,24). The van der Waals surface area contributed by atoms with Crippen LogP contribution in [0.25, 0.3) is 0 Å². The molecule has 0 saturated heterocycles. The molecule has 0 spiro atoms. The summed E-state index contributed by atoms with van der Waals surface area (Å²) in [6.45, 7) is 2.77. The van der Waals surface area contributed by atoms with Gasteiger partial charge < -0.3 is 15.4 Å². The summed E-state index contributed by atoms with van der Waals surface area (Å²) < 4.78 is 5.37. The van der Waals surface area contributed by atoms with Crippen LogP contribution in [0.2, 0.25) is 0 Å². The minimum atomic E-state index is 0.464. The van der Waals surface area contributed by atoms with Crippen LogP contribution in [-0.2, 0) is 6.42 Å². The van der Waals surface area contributed by atoms with Gasteiger partial charge in [-0.15, -0.1) is 5.10 Å². The Balaban J connectivity index is 1.59. The number of benzene rings is 2. The minimum Gasteiger partial charge on any atom is -0.496 e. The molecule has 6 heteroatoms. The Morgan fingerprint density at radius 3 is 2.64 bits per heavy atom. The number of para-hydroxylation sites is 1. The van der Waals surface area contributed by atoms with Gasteiger partial charge in [0.25, 0.3) is 0 Å². The van der Waals surface area contributed by atoms with E-state index in [9.17, 15) is 0 Å². The van der Waals surface area contributed by atoms with Gasteiger partial charge in [-0.05, 0) is 37.1 Å². The molecular formula is C19H21N5O. The molecule has 25 heavy (non-hydrogen) atoms. The van der Waals surface area contributed by atoms with Crippen LogP contribution in [-0.4, -0.2) is 28.8 Å². The number of methoxy groups -OCH3 is 1. The van der Waals surface area contributed by atoms with E-state index in [0.29, 0.717) is 11.8 Å². The molecular weight excluding hydrogens is 314 g/mol. The summed E-state index contributed by atoms with van der Waals surface area (Å²) in [5, 5.41) is 14.4. The van der Waals surface area contributed by atoms with Crippen LogP contribution in [0, 0.1) is 6.92 Å². The molecule has 1 aromatic heterocycles. The highest BCUT2D eigenvalue weighted by Gasteiger charge is 2.04. The van der Waals surface area contributed by atoms with E-state index in [0.717, 1.165) is 30.0 Å². The predicted molar refractivity (Wildman–Crippen MR) is 99.5 cm³/mol. The summed E-state index contributed by atoms with van der Waals surface area (Å²) in [4.78, 5) is 4.44. The third kappa shape index (κ3) is 4.67. The van der Waals surface area contributed by atoms with Crippen LogP contribution in [0.5, 0.6) is 5.75 Å². The van der Waals surface area contributed by atoms with Crippen LogP contribution < -0.4 is 15.4 Å². The molecule has 1 heterocycles. The molecule has 0 radical (unpaired) electrons.